The summed E-state index contributed by atoms with van der Waals surface area (Å²) in [7, 11) is 1.62. The summed E-state index contributed by atoms with van der Waals surface area (Å²) >= 11 is 5.95. The molecule has 0 spiro atoms. The zero-order valence-electron chi connectivity index (χ0n) is 11.4. The molecule has 0 aliphatic heterocycles. The largest absolute Gasteiger partial charge is 0.489 e. The van der Waals surface area contributed by atoms with Crippen LogP contribution in [0.15, 0.2) is 42.7 Å². The highest BCUT2D eigenvalue weighted by molar-refractivity contribution is 6.33. The summed E-state index contributed by atoms with van der Waals surface area (Å²) in [5, 5.41) is 0.344. The first-order valence-electron chi connectivity index (χ1n) is 6.32. The van der Waals surface area contributed by atoms with Gasteiger partial charge in [0.05, 0.1) is 17.1 Å². The van der Waals surface area contributed by atoms with E-state index in [1.807, 2.05) is 0 Å². The van der Waals surface area contributed by atoms with Crippen LogP contribution in [0.1, 0.15) is 10.4 Å². The Balaban J connectivity index is 1.90. The van der Waals surface area contributed by atoms with Crippen molar-refractivity contribution in [3.05, 3.63) is 59.1 Å². The van der Waals surface area contributed by atoms with Gasteiger partial charge in [0.25, 0.3) is 5.91 Å². The minimum absolute atomic E-state index is 0.165. The van der Waals surface area contributed by atoms with Gasteiger partial charge in [-0.1, -0.05) is 23.7 Å². The van der Waals surface area contributed by atoms with Crippen molar-refractivity contribution in [3.63, 3.8) is 0 Å². The maximum absolute atomic E-state index is 13.4. The van der Waals surface area contributed by atoms with Crippen molar-refractivity contribution in [2.24, 2.45) is 0 Å². The third-order valence-corrected chi connectivity index (χ3v) is 3.20. The summed E-state index contributed by atoms with van der Waals surface area (Å²) in [4.78, 5) is 17.5. The lowest BCUT2D eigenvalue weighted by Crippen LogP contribution is -2.31. The molecule has 0 N–H and O–H groups in total. The van der Waals surface area contributed by atoms with Crippen molar-refractivity contribution in [1.29, 1.82) is 0 Å². The molecule has 0 aliphatic carbocycles. The van der Waals surface area contributed by atoms with Crippen molar-refractivity contribution in [3.8, 4) is 5.75 Å². The van der Waals surface area contributed by atoms with Crippen molar-refractivity contribution in [1.82, 2.24) is 9.88 Å². The van der Waals surface area contributed by atoms with E-state index in [2.05, 4.69) is 4.98 Å². The predicted octanol–water partition coefficient (Wildman–Crippen LogP) is 3.03. The van der Waals surface area contributed by atoms with Gasteiger partial charge in [0.15, 0.2) is 11.6 Å². The molecule has 0 fully saturated rings. The van der Waals surface area contributed by atoms with Crippen molar-refractivity contribution >= 4 is 17.5 Å². The summed E-state index contributed by atoms with van der Waals surface area (Å²) in [6, 6.07) is 7.68. The third kappa shape index (κ3) is 3.92. The number of benzene rings is 1. The van der Waals surface area contributed by atoms with Crippen LogP contribution in [0.25, 0.3) is 0 Å². The summed E-state index contributed by atoms with van der Waals surface area (Å²) in [6.45, 7) is 0.486. The van der Waals surface area contributed by atoms with E-state index in [0.717, 1.165) is 0 Å². The first-order valence-corrected chi connectivity index (χ1v) is 6.69. The van der Waals surface area contributed by atoms with Crippen LogP contribution in [0, 0.1) is 5.82 Å². The Morgan fingerprint density at radius 2 is 2.14 bits per heavy atom. The molecular weight excluding hydrogens is 295 g/mol. The van der Waals surface area contributed by atoms with Gasteiger partial charge in [0.2, 0.25) is 0 Å². The van der Waals surface area contributed by atoms with Crippen LogP contribution in [-0.2, 0) is 0 Å². The molecule has 0 unspecified atom stereocenters. The SMILES string of the molecule is CN(CCOc1ccccc1F)C(=O)c1cnccc1Cl. The maximum Gasteiger partial charge on any atom is 0.256 e. The van der Waals surface area contributed by atoms with Crippen LogP contribution in [0.4, 0.5) is 4.39 Å². The van der Waals surface area contributed by atoms with Crippen LogP contribution in [0.2, 0.25) is 5.02 Å². The van der Waals surface area contributed by atoms with E-state index in [-0.39, 0.29) is 18.3 Å². The summed E-state index contributed by atoms with van der Waals surface area (Å²) in [5.74, 6) is -0.523. The Bertz CT molecular complexity index is 637. The normalized spacial score (nSPS) is 10.2. The van der Waals surface area contributed by atoms with Gasteiger partial charge in [-0.15, -0.1) is 0 Å². The second-order valence-corrected chi connectivity index (χ2v) is 4.77. The van der Waals surface area contributed by atoms with E-state index in [9.17, 15) is 9.18 Å². The number of halogens is 2. The molecular formula is C15H14ClFN2O2. The Morgan fingerprint density at radius 1 is 1.38 bits per heavy atom. The monoisotopic (exact) mass is 308 g/mol. The lowest BCUT2D eigenvalue weighted by molar-refractivity contribution is 0.0772. The van der Waals surface area contributed by atoms with Gasteiger partial charge in [-0.3, -0.25) is 9.78 Å². The van der Waals surface area contributed by atoms with Gasteiger partial charge >= 0.3 is 0 Å². The first-order chi connectivity index (χ1) is 10.1. The van der Waals surface area contributed by atoms with Gasteiger partial charge < -0.3 is 9.64 Å². The van der Waals surface area contributed by atoms with Crippen LogP contribution in [0.3, 0.4) is 0 Å². The molecule has 0 saturated carbocycles. The fraction of sp³-hybridized carbons (Fsp3) is 0.200. The highest BCUT2D eigenvalue weighted by Crippen LogP contribution is 2.16. The summed E-state index contributed by atoms with van der Waals surface area (Å²) in [5.41, 5.74) is 0.326. The van der Waals surface area contributed by atoms with Gasteiger partial charge in [0.1, 0.15) is 6.61 Å². The standard InChI is InChI=1S/C15H14ClFN2O2/c1-19(15(20)11-10-18-7-6-12(11)16)8-9-21-14-5-3-2-4-13(14)17/h2-7,10H,8-9H2,1H3. The number of aromatic nitrogens is 1. The first kappa shape index (κ1) is 15.3. The zero-order chi connectivity index (χ0) is 15.2. The number of carbonyl (C=O) groups excluding carboxylic acids is 1. The molecule has 1 aromatic carbocycles. The van der Waals surface area contributed by atoms with Crippen LogP contribution >= 0.6 is 11.6 Å². The summed E-state index contributed by atoms with van der Waals surface area (Å²) < 4.78 is 18.7. The van der Waals surface area contributed by atoms with Gasteiger partial charge in [-0.05, 0) is 18.2 Å². The van der Waals surface area contributed by atoms with E-state index in [1.54, 1.807) is 25.2 Å². The van der Waals surface area contributed by atoms with Gasteiger partial charge in [0, 0.05) is 19.4 Å². The molecule has 0 aliphatic rings. The molecule has 21 heavy (non-hydrogen) atoms. The zero-order valence-corrected chi connectivity index (χ0v) is 12.2. The number of rotatable bonds is 5. The van der Waals surface area contributed by atoms with Crippen LogP contribution < -0.4 is 4.74 Å². The molecule has 1 amide bonds. The number of carbonyl (C=O) groups is 1. The molecule has 4 nitrogen and oxygen atoms in total. The number of hydrogen-bond acceptors (Lipinski definition) is 3. The second kappa shape index (κ2) is 7.04. The van der Waals surface area contributed by atoms with E-state index in [4.69, 9.17) is 16.3 Å². The Hall–Kier alpha value is -2.14. The molecule has 2 aromatic rings. The van der Waals surface area contributed by atoms with E-state index in [1.165, 1.54) is 29.4 Å². The molecule has 1 aromatic heterocycles. The molecule has 0 bridgehead atoms. The molecule has 0 radical (unpaired) electrons. The number of para-hydroxylation sites is 1. The number of pyridine rings is 1. The third-order valence-electron chi connectivity index (χ3n) is 2.87. The summed E-state index contributed by atoms with van der Waals surface area (Å²) in [6.07, 6.45) is 2.93. The Labute approximate surface area is 127 Å². The molecule has 0 saturated heterocycles. The predicted molar refractivity (Wildman–Crippen MR) is 78.1 cm³/mol. The quantitative estimate of drug-likeness (QED) is 0.852. The Kier molecular flexibility index (Phi) is 5.11. The average molecular weight is 309 g/mol. The minimum Gasteiger partial charge on any atom is -0.489 e. The molecule has 6 heteroatoms. The number of ether oxygens (including phenoxy) is 1. The van der Waals surface area contributed by atoms with E-state index in [0.29, 0.717) is 17.1 Å². The maximum atomic E-state index is 13.4. The molecule has 0 atom stereocenters. The van der Waals surface area contributed by atoms with E-state index < -0.39 is 5.82 Å². The Morgan fingerprint density at radius 3 is 2.86 bits per heavy atom. The van der Waals surface area contributed by atoms with Crippen molar-refractivity contribution in [2.75, 3.05) is 20.2 Å². The van der Waals surface area contributed by atoms with Gasteiger partial charge in [-0.2, -0.15) is 0 Å². The van der Waals surface area contributed by atoms with Crippen molar-refractivity contribution in [2.45, 2.75) is 0 Å². The van der Waals surface area contributed by atoms with E-state index >= 15 is 0 Å². The average Bonchev–Trinajstić information content (AvgIpc) is 2.49. The fourth-order valence-electron chi connectivity index (χ4n) is 1.70. The highest BCUT2D eigenvalue weighted by atomic mass is 35.5. The van der Waals surface area contributed by atoms with Crippen LogP contribution in [0.5, 0.6) is 5.75 Å². The minimum atomic E-state index is -0.429. The second-order valence-electron chi connectivity index (χ2n) is 4.36. The van der Waals surface area contributed by atoms with Gasteiger partial charge in [-0.25, -0.2) is 4.39 Å². The highest BCUT2D eigenvalue weighted by Gasteiger charge is 2.15. The lowest BCUT2D eigenvalue weighted by Gasteiger charge is -2.18. The number of amides is 1. The number of hydrogen-bond donors (Lipinski definition) is 0. The van der Waals surface area contributed by atoms with Crippen molar-refractivity contribution < 1.29 is 13.9 Å². The fourth-order valence-corrected chi connectivity index (χ4v) is 1.88. The molecule has 2 rings (SSSR count). The number of nitrogens with zero attached hydrogens (tertiary/aromatic N) is 2. The smallest absolute Gasteiger partial charge is 0.256 e. The molecule has 110 valence electrons. The number of likely N-dealkylation sites (N-methyl/N-ethyl adjacent to an activating group) is 1. The van der Waals surface area contributed by atoms with Crippen LogP contribution in [-0.4, -0.2) is 36.0 Å². The topological polar surface area (TPSA) is 42.4 Å². The molecule has 1 heterocycles. The lowest BCUT2D eigenvalue weighted by atomic mass is 10.2.